The summed E-state index contributed by atoms with van der Waals surface area (Å²) in [6.07, 6.45) is 1.84. The van der Waals surface area contributed by atoms with E-state index in [1.807, 2.05) is 44.2 Å². The van der Waals surface area contributed by atoms with Crippen LogP contribution in [0.5, 0.6) is 5.75 Å². The largest absolute Gasteiger partial charge is 0.494 e. The summed E-state index contributed by atoms with van der Waals surface area (Å²) in [6, 6.07) is 14.6. The molecule has 0 saturated carbocycles. The number of benzene rings is 2. The maximum atomic E-state index is 12.7. The van der Waals surface area contributed by atoms with Crippen molar-refractivity contribution in [3.8, 4) is 5.75 Å². The second kappa shape index (κ2) is 6.89. The van der Waals surface area contributed by atoms with Crippen LogP contribution in [-0.4, -0.2) is 18.2 Å². The van der Waals surface area contributed by atoms with Crippen LogP contribution in [0.1, 0.15) is 19.4 Å². The van der Waals surface area contributed by atoms with E-state index < -0.39 is 0 Å². The van der Waals surface area contributed by atoms with Gasteiger partial charge in [0.2, 0.25) is 0 Å². The Kier molecular flexibility index (Phi) is 4.67. The van der Waals surface area contributed by atoms with E-state index in [0.29, 0.717) is 28.6 Å². The number of hydrazone groups is 1. The highest BCUT2D eigenvalue weighted by molar-refractivity contribution is 6.32. The van der Waals surface area contributed by atoms with Gasteiger partial charge in [0.1, 0.15) is 5.75 Å². The molecule has 0 aliphatic carbocycles. The second-order valence-corrected chi connectivity index (χ2v) is 5.78. The number of carbonyl (C=O) groups is 1. The Hall–Kier alpha value is -2.59. The molecule has 1 amide bonds. The summed E-state index contributed by atoms with van der Waals surface area (Å²) in [6.45, 7) is 4.40. The van der Waals surface area contributed by atoms with E-state index in [9.17, 15) is 4.79 Å². The predicted octanol–water partition coefficient (Wildman–Crippen LogP) is 4.54. The summed E-state index contributed by atoms with van der Waals surface area (Å²) in [5, 5.41) is 6.37. The molecule has 5 heteroatoms. The Morgan fingerprint density at radius 1 is 1.12 bits per heavy atom. The molecule has 0 bridgehead atoms. The van der Waals surface area contributed by atoms with E-state index >= 15 is 0 Å². The lowest BCUT2D eigenvalue weighted by Crippen LogP contribution is -2.21. The molecule has 0 fully saturated rings. The molecule has 0 unspecified atom stereocenters. The SMILES string of the molecule is CCOc1ccc(/C=C2\C(=O)N(c3ccc(Cl)cc3)N=C2C)cc1. The van der Waals surface area contributed by atoms with Crippen LogP contribution in [0.25, 0.3) is 6.08 Å². The number of rotatable bonds is 4. The Morgan fingerprint density at radius 3 is 2.42 bits per heavy atom. The van der Waals surface area contributed by atoms with E-state index in [-0.39, 0.29) is 5.91 Å². The molecule has 0 spiro atoms. The summed E-state index contributed by atoms with van der Waals surface area (Å²) >= 11 is 5.89. The molecule has 0 atom stereocenters. The van der Waals surface area contributed by atoms with Gasteiger partial charge >= 0.3 is 0 Å². The van der Waals surface area contributed by atoms with Crippen molar-refractivity contribution in [3.05, 3.63) is 64.7 Å². The average Bonchev–Trinajstić information content (AvgIpc) is 2.86. The first kappa shape index (κ1) is 16.3. The van der Waals surface area contributed by atoms with Gasteiger partial charge in [-0.2, -0.15) is 10.1 Å². The Labute approximate surface area is 146 Å². The molecule has 122 valence electrons. The second-order valence-electron chi connectivity index (χ2n) is 5.34. The van der Waals surface area contributed by atoms with Crippen molar-refractivity contribution in [1.29, 1.82) is 0 Å². The molecule has 0 saturated heterocycles. The predicted molar refractivity (Wildman–Crippen MR) is 97.6 cm³/mol. The number of halogens is 1. The molecule has 4 nitrogen and oxygen atoms in total. The van der Waals surface area contributed by atoms with Crippen LogP contribution in [0.15, 0.2) is 59.2 Å². The molecule has 24 heavy (non-hydrogen) atoms. The topological polar surface area (TPSA) is 41.9 Å². The molecule has 1 heterocycles. The van der Waals surface area contributed by atoms with Gasteiger partial charge in [0, 0.05) is 5.02 Å². The van der Waals surface area contributed by atoms with Crippen molar-refractivity contribution in [1.82, 2.24) is 0 Å². The lowest BCUT2D eigenvalue weighted by molar-refractivity contribution is -0.114. The third-order valence-corrected chi connectivity index (χ3v) is 3.89. The fraction of sp³-hybridized carbons (Fsp3) is 0.158. The zero-order valence-corrected chi connectivity index (χ0v) is 14.2. The van der Waals surface area contributed by atoms with Crippen molar-refractivity contribution in [2.24, 2.45) is 5.10 Å². The minimum Gasteiger partial charge on any atom is -0.494 e. The zero-order chi connectivity index (χ0) is 17.1. The molecular formula is C19H17ClN2O2. The lowest BCUT2D eigenvalue weighted by Gasteiger charge is -2.11. The highest BCUT2D eigenvalue weighted by Gasteiger charge is 2.28. The Balaban J connectivity index is 1.85. The van der Waals surface area contributed by atoms with Gasteiger partial charge < -0.3 is 4.74 Å². The van der Waals surface area contributed by atoms with Gasteiger partial charge in [0.05, 0.1) is 23.6 Å². The number of hydrogen-bond donors (Lipinski definition) is 0. The minimum absolute atomic E-state index is 0.149. The average molecular weight is 341 g/mol. The minimum atomic E-state index is -0.149. The molecule has 0 radical (unpaired) electrons. The van der Waals surface area contributed by atoms with Gasteiger partial charge in [-0.15, -0.1) is 0 Å². The Morgan fingerprint density at radius 2 is 1.79 bits per heavy atom. The number of carbonyl (C=O) groups excluding carboxylic acids is 1. The number of ether oxygens (including phenoxy) is 1. The highest BCUT2D eigenvalue weighted by Crippen LogP contribution is 2.26. The third kappa shape index (κ3) is 3.34. The van der Waals surface area contributed by atoms with Gasteiger partial charge in [-0.1, -0.05) is 23.7 Å². The number of amides is 1. The zero-order valence-electron chi connectivity index (χ0n) is 13.5. The summed E-state index contributed by atoms with van der Waals surface area (Å²) in [5.41, 5.74) is 2.88. The Bertz CT molecular complexity index is 808. The fourth-order valence-corrected chi connectivity index (χ4v) is 2.56. The maximum Gasteiger partial charge on any atom is 0.280 e. The summed E-state index contributed by atoms with van der Waals surface area (Å²) in [5.74, 6) is 0.661. The van der Waals surface area contributed by atoms with E-state index in [2.05, 4.69) is 5.10 Å². The molecule has 0 aromatic heterocycles. The summed E-state index contributed by atoms with van der Waals surface area (Å²) in [7, 11) is 0. The van der Waals surface area contributed by atoms with Gasteiger partial charge in [-0.3, -0.25) is 4.79 Å². The van der Waals surface area contributed by atoms with E-state index in [1.54, 1.807) is 24.3 Å². The number of nitrogens with zero attached hydrogens (tertiary/aromatic N) is 2. The monoisotopic (exact) mass is 340 g/mol. The molecular weight excluding hydrogens is 324 g/mol. The standard InChI is InChI=1S/C19H17ClN2O2/c1-3-24-17-10-4-14(5-11-17)12-18-13(2)21-22(19(18)23)16-8-6-15(20)7-9-16/h4-12H,3H2,1-2H3/b18-12-. The maximum absolute atomic E-state index is 12.7. The van der Waals surface area contributed by atoms with Crippen molar-refractivity contribution in [3.63, 3.8) is 0 Å². The molecule has 0 N–H and O–H groups in total. The smallest absolute Gasteiger partial charge is 0.280 e. The van der Waals surface area contributed by atoms with Crippen LogP contribution in [0.4, 0.5) is 5.69 Å². The number of hydrogen-bond acceptors (Lipinski definition) is 3. The first-order chi connectivity index (χ1) is 11.6. The van der Waals surface area contributed by atoms with Crippen LogP contribution >= 0.6 is 11.6 Å². The van der Waals surface area contributed by atoms with Crippen molar-refractivity contribution >= 4 is 35.0 Å². The van der Waals surface area contributed by atoms with Crippen LogP contribution in [0.2, 0.25) is 5.02 Å². The van der Waals surface area contributed by atoms with Gasteiger partial charge in [-0.05, 0) is 61.9 Å². The third-order valence-electron chi connectivity index (χ3n) is 3.64. The first-order valence-electron chi connectivity index (χ1n) is 7.68. The van der Waals surface area contributed by atoms with Crippen LogP contribution in [-0.2, 0) is 4.79 Å². The normalized spacial score (nSPS) is 15.8. The summed E-state index contributed by atoms with van der Waals surface area (Å²) in [4.78, 5) is 12.7. The molecule has 1 aliphatic heterocycles. The van der Waals surface area contributed by atoms with Crippen molar-refractivity contribution in [2.45, 2.75) is 13.8 Å². The van der Waals surface area contributed by atoms with Crippen LogP contribution in [0.3, 0.4) is 0 Å². The lowest BCUT2D eigenvalue weighted by atomic mass is 10.1. The highest BCUT2D eigenvalue weighted by atomic mass is 35.5. The molecule has 2 aromatic rings. The van der Waals surface area contributed by atoms with Gasteiger partial charge in [0.25, 0.3) is 5.91 Å². The van der Waals surface area contributed by atoms with Gasteiger partial charge in [0.15, 0.2) is 0 Å². The summed E-state index contributed by atoms with van der Waals surface area (Å²) < 4.78 is 5.43. The quantitative estimate of drug-likeness (QED) is 0.766. The van der Waals surface area contributed by atoms with Crippen molar-refractivity contribution < 1.29 is 9.53 Å². The molecule has 2 aromatic carbocycles. The fourth-order valence-electron chi connectivity index (χ4n) is 2.44. The van der Waals surface area contributed by atoms with Crippen LogP contribution < -0.4 is 9.75 Å². The van der Waals surface area contributed by atoms with Gasteiger partial charge in [-0.25, -0.2) is 0 Å². The van der Waals surface area contributed by atoms with E-state index in [0.717, 1.165) is 11.3 Å². The van der Waals surface area contributed by atoms with E-state index in [1.165, 1.54) is 5.01 Å². The first-order valence-corrected chi connectivity index (χ1v) is 8.06. The van der Waals surface area contributed by atoms with E-state index in [4.69, 9.17) is 16.3 Å². The van der Waals surface area contributed by atoms with Crippen LogP contribution in [0, 0.1) is 0 Å². The molecule has 3 rings (SSSR count). The number of anilines is 1. The molecule has 1 aliphatic rings. The van der Waals surface area contributed by atoms with Crippen molar-refractivity contribution in [2.75, 3.05) is 11.6 Å².